The zero-order chi connectivity index (χ0) is 10.2. The van der Waals surface area contributed by atoms with E-state index in [1.165, 1.54) is 10.9 Å². The Bertz CT molecular complexity index is 269. The summed E-state index contributed by atoms with van der Waals surface area (Å²) in [4.78, 5) is 10.9. The highest BCUT2D eigenvalue weighted by atomic mass is 16.1. The van der Waals surface area contributed by atoms with Gasteiger partial charge in [0.15, 0.2) is 0 Å². The number of nitrogens with two attached hydrogens (primary N) is 1. The van der Waals surface area contributed by atoms with E-state index in [9.17, 15) is 4.79 Å². The molecule has 0 aliphatic carbocycles. The number of carbonyl (C=O) groups excluding carboxylic acids is 1. The molecule has 0 aliphatic rings. The van der Waals surface area contributed by atoms with E-state index in [2.05, 4.69) is 19.2 Å². The summed E-state index contributed by atoms with van der Waals surface area (Å²) in [6, 6.07) is 10.4. The highest BCUT2D eigenvalue weighted by Crippen LogP contribution is 2.05. The third kappa shape index (κ3) is 4.19. The Morgan fingerprint density at radius 3 is 2.57 bits per heavy atom. The molecular formula is C12H17NO. The molecule has 2 heteroatoms. The summed E-state index contributed by atoms with van der Waals surface area (Å²) in [6.45, 7) is 0. The summed E-state index contributed by atoms with van der Waals surface area (Å²) in [7, 11) is 3.45. The Labute approximate surface area is 85.3 Å². The van der Waals surface area contributed by atoms with Gasteiger partial charge in [0.25, 0.3) is 5.91 Å². The predicted octanol–water partition coefficient (Wildman–Crippen LogP) is 1.28. The second-order valence-electron chi connectivity index (χ2n) is 3.36. The lowest BCUT2D eigenvalue weighted by Crippen LogP contribution is -2.81. The minimum atomic E-state index is 0.151. The van der Waals surface area contributed by atoms with Crippen LogP contribution in [0, 0.1) is 7.05 Å². The highest BCUT2D eigenvalue weighted by molar-refractivity contribution is 5.65. The van der Waals surface area contributed by atoms with E-state index in [4.69, 9.17) is 0 Å². The summed E-state index contributed by atoms with van der Waals surface area (Å²) < 4.78 is 0. The van der Waals surface area contributed by atoms with E-state index < -0.39 is 0 Å². The van der Waals surface area contributed by atoms with Gasteiger partial charge in [0.1, 0.15) is 0 Å². The zero-order valence-corrected chi connectivity index (χ0v) is 8.41. The lowest BCUT2D eigenvalue weighted by atomic mass is 10.1. The smallest absolute Gasteiger partial charge is 0.284 e. The number of hydrogen-bond acceptors (Lipinski definition) is 1. The van der Waals surface area contributed by atoms with Gasteiger partial charge in [-0.2, -0.15) is 0 Å². The number of carbonyl (C=O) groups is 1. The number of aryl methyl sites for hydroxylation is 1. The molecule has 0 saturated heterocycles. The van der Waals surface area contributed by atoms with Crippen molar-refractivity contribution in [2.24, 2.45) is 0 Å². The number of unbranched alkanes of at least 4 members (excludes halogenated alkanes) is 1. The van der Waals surface area contributed by atoms with Crippen molar-refractivity contribution in [1.29, 1.82) is 0 Å². The third-order valence-corrected chi connectivity index (χ3v) is 2.21. The fourth-order valence-corrected chi connectivity index (χ4v) is 1.38. The van der Waals surface area contributed by atoms with E-state index in [-0.39, 0.29) is 5.91 Å². The lowest BCUT2D eigenvalue weighted by molar-refractivity contribution is -0.507. The molecule has 2 nitrogen and oxygen atoms in total. The number of benzene rings is 1. The summed E-state index contributed by atoms with van der Waals surface area (Å²) in [6.07, 6.45) is 3.73. The van der Waals surface area contributed by atoms with Gasteiger partial charge in [0.2, 0.25) is 0 Å². The number of hydrogen-bond donors (Lipinski definition) is 1. The number of primary amides is 1. The Morgan fingerprint density at radius 1 is 1.21 bits per heavy atom. The molecule has 0 aromatic heterocycles. The molecule has 0 spiro atoms. The molecule has 0 bridgehead atoms. The normalized spacial score (nSPS) is 10.1. The van der Waals surface area contributed by atoms with Gasteiger partial charge < -0.3 is 5.32 Å². The van der Waals surface area contributed by atoms with Crippen LogP contribution < -0.4 is 5.32 Å². The van der Waals surface area contributed by atoms with Gasteiger partial charge in [-0.05, 0) is 24.8 Å². The van der Waals surface area contributed by atoms with Crippen LogP contribution in [0.3, 0.4) is 0 Å². The predicted molar refractivity (Wildman–Crippen MR) is 56.3 cm³/mol. The van der Waals surface area contributed by atoms with Crippen LogP contribution in [-0.2, 0) is 11.2 Å². The summed E-state index contributed by atoms with van der Waals surface area (Å²) >= 11 is 0. The van der Waals surface area contributed by atoms with Crippen LogP contribution in [0.2, 0.25) is 0 Å². The first-order valence-electron chi connectivity index (χ1n) is 5.02. The molecule has 0 atom stereocenters. The average Bonchev–Trinajstić information content (AvgIpc) is 2.25. The minimum Gasteiger partial charge on any atom is -0.415 e. The van der Waals surface area contributed by atoms with Gasteiger partial charge in [-0.1, -0.05) is 30.3 Å². The first-order chi connectivity index (χ1) is 6.83. The van der Waals surface area contributed by atoms with Crippen molar-refractivity contribution in [3.8, 4) is 0 Å². The van der Waals surface area contributed by atoms with Crippen LogP contribution in [0.1, 0.15) is 24.8 Å². The van der Waals surface area contributed by atoms with Gasteiger partial charge in [-0.15, -0.1) is 7.05 Å². The Hall–Kier alpha value is -1.15. The lowest BCUT2D eigenvalue weighted by Gasteiger charge is -2.00. The molecule has 0 aliphatic heterocycles. The topological polar surface area (TPSA) is 33.7 Å². The Morgan fingerprint density at radius 2 is 1.93 bits per heavy atom. The maximum absolute atomic E-state index is 10.9. The molecule has 0 saturated carbocycles. The third-order valence-electron chi connectivity index (χ3n) is 2.21. The van der Waals surface area contributed by atoms with Crippen molar-refractivity contribution in [1.82, 2.24) is 0 Å². The van der Waals surface area contributed by atoms with E-state index >= 15 is 0 Å². The molecule has 0 fully saturated rings. The van der Waals surface area contributed by atoms with Crippen LogP contribution >= 0.6 is 0 Å². The maximum Gasteiger partial charge on any atom is 0.284 e. The molecule has 0 heterocycles. The van der Waals surface area contributed by atoms with Crippen molar-refractivity contribution < 1.29 is 10.1 Å². The van der Waals surface area contributed by atoms with E-state index in [0.29, 0.717) is 6.42 Å². The molecular weight excluding hydrogens is 174 g/mol. The summed E-state index contributed by atoms with van der Waals surface area (Å²) in [5.41, 5.74) is 1.35. The first kappa shape index (κ1) is 10.9. The van der Waals surface area contributed by atoms with Crippen molar-refractivity contribution in [2.45, 2.75) is 25.7 Å². The fourth-order valence-electron chi connectivity index (χ4n) is 1.38. The molecule has 1 amide bonds. The van der Waals surface area contributed by atoms with Crippen LogP contribution in [0.4, 0.5) is 0 Å². The quantitative estimate of drug-likeness (QED) is 0.552. The molecule has 1 rings (SSSR count). The molecule has 0 unspecified atom stereocenters. The standard InChI is InChI=1S/C12H17NO/c1-13-12(14)10-6-5-9-11-7-3-2-4-8-11/h2-4,7-8H,1,5-6,9-10,13H2. The highest BCUT2D eigenvalue weighted by Gasteiger charge is 1.99. The van der Waals surface area contributed by atoms with E-state index in [1.807, 2.05) is 18.2 Å². The number of rotatable bonds is 5. The molecule has 1 aromatic carbocycles. The van der Waals surface area contributed by atoms with Gasteiger partial charge in [0.05, 0.1) is 6.42 Å². The van der Waals surface area contributed by atoms with Crippen molar-refractivity contribution in [3.05, 3.63) is 42.9 Å². The Kier molecular flexibility index (Phi) is 4.94. The molecule has 0 radical (unpaired) electrons. The summed E-state index contributed by atoms with van der Waals surface area (Å²) in [5.74, 6) is 0.151. The zero-order valence-electron chi connectivity index (χ0n) is 8.41. The number of quaternary nitrogens is 1. The van der Waals surface area contributed by atoms with Crippen LogP contribution in [0.15, 0.2) is 30.3 Å². The Balaban J connectivity index is 2.13. The monoisotopic (exact) mass is 191 g/mol. The van der Waals surface area contributed by atoms with Gasteiger partial charge in [-0.25, -0.2) is 4.79 Å². The molecule has 76 valence electrons. The van der Waals surface area contributed by atoms with Crippen molar-refractivity contribution >= 4 is 5.91 Å². The average molecular weight is 191 g/mol. The fraction of sp³-hybridized carbons (Fsp3) is 0.333. The second-order valence-corrected chi connectivity index (χ2v) is 3.36. The van der Waals surface area contributed by atoms with E-state index in [0.717, 1.165) is 19.3 Å². The van der Waals surface area contributed by atoms with Crippen molar-refractivity contribution in [3.63, 3.8) is 0 Å². The van der Waals surface area contributed by atoms with Gasteiger partial charge in [0, 0.05) is 0 Å². The van der Waals surface area contributed by atoms with Crippen LogP contribution in [-0.4, -0.2) is 5.91 Å². The van der Waals surface area contributed by atoms with Gasteiger partial charge in [-0.3, -0.25) is 0 Å². The maximum atomic E-state index is 10.9. The van der Waals surface area contributed by atoms with E-state index in [1.54, 1.807) is 0 Å². The molecule has 2 N–H and O–H groups in total. The first-order valence-corrected chi connectivity index (χ1v) is 5.02. The molecule has 1 aromatic rings. The minimum absolute atomic E-state index is 0.151. The van der Waals surface area contributed by atoms with Crippen molar-refractivity contribution in [2.75, 3.05) is 0 Å². The number of amides is 1. The van der Waals surface area contributed by atoms with Crippen LogP contribution in [0.5, 0.6) is 0 Å². The SMILES string of the molecule is [CH2-][NH2+]C(=O)CCCCc1ccccc1. The van der Waals surface area contributed by atoms with Crippen LogP contribution in [0.25, 0.3) is 0 Å². The second kappa shape index (κ2) is 6.33. The molecule has 14 heavy (non-hydrogen) atoms. The van der Waals surface area contributed by atoms with Gasteiger partial charge >= 0.3 is 0 Å². The largest absolute Gasteiger partial charge is 0.415 e. The summed E-state index contributed by atoms with van der Waals surface area (Å²) in [5, 5.41) is 1.41.